The molecule has 0 N–H and O–H groups in total. The minimum atomic E-state index is -0.261. The summed E-state index contributed by atoms with van der Waals surface area (Å²) in [5.74, 6) is -0.0422. The molecule has 4 rings (SSSR count). The number of hydrogen-bond donors (Lipinski definition) is 0. The third kappa shape index (κ3) is 3.64. The molecular weight excluding hydrogens is 335 g/mol. The highest BCUT2D eigenvalue weighted by Gasteiger charge is 2.34. The first-order valence-corrected chi connectivity index (χ1v) is 9.11. The molecule has 1 atom stereocenters. The lowest BCUT2D eigenvalue weighted by molar-refractivity contribution is -0.140. The van der Waals surface area contributed by atoms with Gasteiger partial charge in [-0.1, -0.05) is 0 Å². The first-order valence-electron chi connectivity index (χ1n) is 9.11. The van der Waals surface area contributed by atoms with E-state index in [-0.39, 0.29) is 17.8 Å². The molecule has 2 aliphatic heterocycles. The number of aromatic nitrogens is 2. The Morgan fingerprint density at radius 1 is 1.19 bits per heavy atom. The van der Waals surface area contributed by atoms with Gasteiger partial charge in [0.1, 0.15) is 5.82 Å². The zero-order valence-electron chi connectivity index (χ0n) is 14.7. The highest BCUT2D eigenvalue weighted by molar-refractivity contribution is 5.82. The molecule has 2 aliphatic rings. The van der Waals surface area contributed by atoms with Crippen LogP contribution in [0.4, 0.5) is 4.39 Å². The molecule has 1 aromatic heterocycles. The van der Waals surface area contributed by atoms with Crippen molar-refractivity contribution in [3.05, 3.63) is 48.0 Å². The lowest BCUT2D eigenvalue weighted by Crippen LogP contribution is -2.49. The molecule has 0 radical (unpaired) electrons. The van der Waals surface area contributed by atoms with Crippen LogP contribution in [-0.4, -0.2) is 64.4 Å². The lowest BCUT2D eigenvalue weighted by Gasteiger charge is -2.32. The maximum absolute atomic E-state index is 13.1. The SMILES string of the molecule is O=C(C1CCCN1Cc1cnn(-c2ccc(F)cc2)c1)N1CCOCC1. The molecule has 2 fully saturated rings. The van der Waals surface area contributed by atoms with Gasteiger partial charge >= 0.3 is 0 Å². The van der Waals surface area contributed by atoms with Gasteiger partial charge in [0.15, 0.2) is 0 Å². The fourth-order valence-corrected chi connectivity index (χ4v) is 3.70. The van der Waals surface area contributed by atoms with E-state index in [0.29, 0.717) is 32.8 Å². The maximum Gasteiger partial charge on any atom is 0.240 e. The molecule has 0 bridgehead atoms. The van der Waals surface area contributed by atoms with Crippen LogP contribution in [-0.2, 0) is 16.1 Å². The average molecular weight is 358 g/mol. The fraction of sp³-hybridized carbons (Fsp3) is 0.474. The number of rotatable bonds is 4. The van der Waals surface area contributed by atoms with Crippen LogP contribution in [0.25, 0.3) is 5.69 Å². The minimum Gasteiger partial charge on any atom is -0.378 e. The summed E-state index contributed by atoms with van der Waals surface area (Å²) in [6.45, 7) is 4.24. The normalized spacial score (nSPS) is 21.3. The molecular formula is C19H23FN4O2. The Labute approximate surface area is 152 Å². The monoisotopic (exact) mass is 358 g/mol. The molecule has 3 heterocycles. The first kappa shape index (κ1) is 17.2. The Morgan fingerprint density at radius 3 is 2.73 bits per heavy atom. The number of morpholine rings is 1. The third-order valence-corrected chi connectivity index (χ3v) is 5.08. The van der Waals surface area contributed by atoms with E-state index in [1.54, 1.807) is 16.8 Å². The number of carbonyl (C=O) groups excluding carboxylic acids is 1. The molecule has 26 heavy (non-hydrogen) atoms. The summed E-state index contributed by atoms with van der Waals surface area (Å²) in [5.41, 5.74) is 1.87. The molecule has 0 spiro atoms. The molecule has 1 unspecified atom stereocenters. The first-order chi connectivity index (χ1) is 12.7. The van der Waals surface area contributed by atoms with Crippen molar-refractivity contribution in [2.75, 3.05) is 32.8 Å². The van der Waals surface area contributed by atoms with Crippen LogP contribution in [0.3, 0.4) is 0 Å². The van der Waals surface area contributed by atoms with E-state index in [0.717, 1.165) is 30.6 Å². The van der Waals surface area contributed by atoms with Crippen LogP contribution in [0.15, 0.2) is 36.7 Å². The van der Waals surface area contributed by atoms with Crippen molar-refractivity contribution in [3.8, 4) is 5.69 Å². The fourth-order valence-electron chi connectivity index (χ4n) is 3.70. The topological polar surface area (TPSA) is 50.6 Å². The van der Waals surface area contributed by atoms with Crippen molar-refractivity contribution in [2.45, 2.75) is 25.4 Å². The smallest absolute Gasteiger partial charge is 0.240 e. The summed E-state index contributed by atoms with van der Waals surface area (Å²) in [6.07, 6.45) is 5.70. The summed E-state index contributed by atoms with van der Waals surface area (Å²) in [4.78, 5) is 17.0. The average Bonchev–Trinajstić information content (AvgIpc) is 3.33. The largest absolute Gasteiger partial charge is 0.378 e. The van der Waals surface area contributed by atoms with Gasteiger partial charge in [0.05, 0.1) is 31.1 Å². The molecule has 1 amide bonds. The van der Waals surface area contributed by atoms with E-state index in [2.05, 4.69) is 10.00 Å². The highest BCUT2D eigenvalue weighted by atomic mass is 19.1. The van der Waals surface area contributed by atoms with Gasteiger partial charge in [-0.25, -0.2) is 9.07 Å². The van der Waals surface area contributed by atoms with E-state index in [9.17, 15) is 9.18 Å². The van der Waals surface area contributed by atoms with Crippen molar-refractivity contribution in [1.29, 1.82) is 0 Å². The molecule has 138 valence electrons. The molecule has 2 aromatic rings. The van der Waals surface area contributed by atoms with Gasteiger partial charge in [-0.3, -0.25) is 9.69 Å². The van der Waals surface area contributed by atoms with Gasteiger partial charge in [-0.05, 0) is 43.7 Å². The Hall–Kier alpha value is -2.25. The zero-order chi connectivity index (χ0) is 17.9. The van der Waals surface area contributed by atoms with Crippen molar-refractivity contribution in [2.24, 2.45) is 0 Å². The van der Waals surface area contributed by atoms with Crippen LogP contribution >= 0.6 is 0 Å². The van der Waals surface area contributed by atoms with Gasteiger partial charge in [0, 0.05) is 31.4 Å². The van der Waals surface area contributed by atoms with E-state index in [1.807, 2.05) is 17.3 Å². The van der Waals surface area contributed by atoms with Crippen LogP contribution in [0.2, 0.25) is 0 Å². The van der Waals surface area contributed by atoms with Crippen molar-refractivity contribution in [1.82, 2.24) is 19.6 Å². The summed E-state index contributed by atoms with van der Waals surface area (Å²) in [5, 5.41) is 4.37. The van der Waals surface area contributed by atoms with Gasteiger partial charge in [-0.2, -0.15) is 5.10 Å². The second kappa shape index (κ2) is 7.55. The molecule has 1 aromatic carbocycles. The van der Waals surface area contributed by atoms with Gasteiger partial charge in [-0.15, -0.1) is 0 Å². The number of carbonyl (C=O) groups is 1. The lowest BCUT2D eigenvalue weighted by atomic mass is 10.1. The minimum absolute atomic E-state index is 0.0535. The van der Waals surface area contributed by atoms with Crippen LogP contribution < -0.4 is 0 Å². The molecule has 7 heteroatoms. The number of benzene rings is 1. The van der Waals surface area contributed by atoms with Crippen LogP contribution in [0.1, 0.15) is 18.4 Å². The Kier molecular flexibility index (Phi) is 4.99. The Bertz CT molecular complexity index is 755. The van der Waals surface area contributed by atoms with Crippen LogP contribution in [0, 0.1) is 5.82 Å². The van der Waals surface area contributed by atoms with Crippen LogP contribution in [0.5, 0.6) is 0 Å². The summed E-state index contributed by atoms with van der Waals surface area (Å²) in [7, 11) is 0. The second-order valence-electron chi connectivity index (χ2n) is 6.84. The van der Waals surface area contributed by atoms with Crippen molar-refractivity contribution in [3.63, 3.8) is 0 Å². The van der Waals surface area contributed by atoms with E-state index in [1.165, 1.54) is 12.1 Å². The summed E-state index contributed by atoms with van der Waals surface area (Å²) < 4.78 is 20.2. The Morgan fingerprint density at radius 2 is 1.96 bits per heavy atom. The molecule has 0 saturated carbocycles. The number of halogens is 1. The number of ether oxygens (including phenoxy) is 1. The van der Waals surface area contributed by atoms with E-state index >= 15 is 0 Å². The molecule has 0 aliphatic carbocycles. The second-order valence-corrected chi connectivity index (χ2v) is 6.84. The van der Waals surface area contributed by atoms with E-state index in [4.69, 9.17) is 4.74 Å². The maximum atomic E-state index is 13.1. The van der Waals surface area contributed by atoms with E-state index < -0.39 is 0 Å². The standard InChI is InChI=1S/C19H23FN4O2/c20-16-3-5-17(6-4-16)24-14-15(12-21-24)13-23-7-1-2-18(23)19(25)22-8-10-26-11-9-22/h3-6,12,14,18H,1-2,7-11,13H2. The number of hydrogen-bond acceptors (Lipinski definition) is 4. The summed E-state index contributed by atoms with van der Waals surface area (Å²) in [6, 6.07) is 6.20. The zero-order valence-corrected chi connectivity index (χ0v) is 14.7. The predicted molar refractivity (Wildman–Crippen MR) is 94.4 cm³/mol. The van der Waals surface area contributed by atoms with Gasteiger partial charge in [0.25, 0.3) is 0 Å². The predicted octanol–water partition coefficient (Wildman–Crippen LogP) is 1.83. The van der Waals surface area contributed by atoms with Crippen molar-refractivity contribution < 1.29 is 13.9 Å². The van der Waals surface area contributed by atoms with Gasteiger partial charge in [0.2, 0.25) is 5.91 Å². The van der Waals surface area contributed by atoms with Gasteiger partial charge < -0.3 is 9.64 Å². The number of nitrogens with zero attached hydrogens (tertiary/aromatic N) is 4. The molecule has 6 nitrogen and oxygen atoms in total. The summed E-state index contributed by atoms with van der Waals surface area (Å²) >= 11 is 0. The van der Waals surface area contributed by atoms with Crippen molar-refractivity contribution >= 4 is 5.91 Å². The third-order valence-electron chi connectivity index (χ3n) is 5.08. The highest BCUT2D eigenvalue weighted by Crippen LogP contribution is 2.22. The quantitative estimate of drug-likeness (QED) is 0.837. The Balaban J connectivity index is 1.43. The number of amides is 1. The number of likely N-dealkylation sites (tertiary alicyclic amines) is 1. The molecule has 2 saturated heterocycles.